The standard InChI is InChI=1S/C14H17NO5/c1-8(13(17)15-9-3-4-9)20-14(18)11-6-5-10(19-2)7-12(11)16/h5-9,16H,3-4H2,1-2H3,(H,15,17)/t8-/m1/s1. The average molecular weight is 279 g/mol. The molecule has 0 radical (unpaired) electrons. The van der Waals surface area contributed by atoms with E-state index in [0.717, 1.165) is 12.8 Å². The fourth-order valence-corrected chi connectivity index (χ4v) is 1.63. The summed E-state index contributed by atoms with van der Waals surface area (Å²) in [4.78, 5) is 23.6. The number of hydrogen-bond acceptors (Lipinski definition) is 5. The summed E-state index contributed by atoms with van der Waals surface area (Å²) in [5.74, 6) is -0.889. The number of carbonyl (C=O) groups is 2. The minimum Gasteiger partial charge on any atom is -0.507 e. The van der Waals surface area contributed by atoms with Crippen molar-refractivity contribution in [3.05, 3.63) is 23.8 Å². The van der Waals surface area contributed by atoms with Crippen LogP contribution in [-0.4, -0.2) is 36.2 Å². The molecule has 20 heavy (non-hydrogen) atoms. The lowest BCUT2D eigenvalue weighted by molar-refractivity contribution is -0.129. The van der Waals surface area contributed by atoms with E-state index >= 15 is 0 Å². The Labute approximate surface area is 116 Å². The number of methoxy groups -OCH3 is 1. The summed E-state index contributed by atoms with van der Waals surface area (Å²) < 4.78 is 9.95. The number of benzene rings is 1. The predicted molar refractivity (Wildman–Crippen MR) is 70.7 cm³/mol. The molecule has 108 valence electrons. The molecule has 1 fully saturated rings. The third-order valence-electron chi connectivity index (χ3n) is 3.00. The monoisotopic (exact) mass is 279 g/mol. The Kier molecular flexibility index (Phi) is 4.12. The van der Waals surface area contributed by atoms with Crippen molar-refractivity contribution in [3.8, 4) is 11.5 Å². The molecule has 0 aliphatic heterocycles. The van der Waals surface area contributed by atoms with Gasteiger partial charge in [-0.1, -0.05) is 0 Å². The molecule has 1 saturated carbocycles. The highest BCUT2D eigenvalue weighted by Gasteiger charge is 2.27. The van der Waals surface area contributed by atoms with Gasteiger partial charge in [-0.05, 0) is 31.9 Å². The number of aromatic hydroxyl groups is 1. The Morgan fingerprint density at radius 3 is 2.65 bits per heavy atom. The molecule has 1 aliphatic rings. The molecule has 0 spiro atoms. The molecule has 0 heterocycles. The third-order valence-corrected chi connectivity index (χ3v) is 3.00. The van der Waals surface area contributed by atoms with Crippen LogP contribution < -0.4 is 10.1 Å². The number of phenolic OH excluding ortho intramolecular Hbond substituents is 1. The fraction of sp³-hybridized carbons (Fsp3) is 0.429. The summed E-state index contributed by atoms with van der Waals surface area (Å²) in [5.41, 5.74) is -0.00290. The van der Waals surface area contributed by atoms with Gasteiger partial charge in [0.05, 0.1) is 7.11 Å². The number of rotatable bonds is 5. The first kappa shape index (κ1) is 14.2. The number of carbonyl (C=O) groups excluding carboxylic acids is 2. The molecule has 2 rings (SSSR count). The van der Waals surface area contributed by atoms with Crippen LogP contribution in [0.5, 0.6) is 11.5 Å². The summed E-state index contributed by atoms with van der Waals surface area (Å²) in [7, 11) is 1.46. The Morgan fingerprint density at radius 1 is 1.40 bits per heavy atom. The van der Waals surface area contributed by atoms with Crippen LogP contribution in [0.25, 0.3) is 0 Å². The Balaban J connectivity index is 1.98. The Bertz CT molecular complexity index is 524. The first-order chi connectivity index (χ1) is 9.51. The zero-order valence-corrected chi connectivity index (χ0v) is 11.4. The van der Waals surface area contributed by atoms with Gasteiger partial charge in [0, 0.05) is 12.1 Å². The summed E-state index contributed by atoms with van der Waals surface area (Å²) in [6.45, 7) is 1.50. The van der Waals surface area contributed by atoms with Crippen LogP contribution in [0, 0.1) is 0 Å². The zero-order valence-electron chi connectivity index (χ0n) is 11.4. The first-order valence-corrected chi connectivity index (χ1v) is 6.39. The normalized spacial score (nSPS) is 15.3. The molecule has 0 saturated heterocycles. The number of nitrogens with one attached hydrogen (secondary N) is 1. The minimum absolute atomic E-state index is 0.00290. The van der Waals surface area contributed by atoms with E-state index in [2.05, 4.69) is 5.32 Å². The second-order valence-corrected chi connectivity index (χ2v) is 4.71. The van der Waals surface area contributed by atoms with Crippen LogP contribution in [0.2, 0.25) is 0 Å². The van der Waals surface area contributed by atoms with Gasteiger partial charge in [0.1, 0.15) is 17.1 Å². The minimum atomic E-state index is -0.899. The maximum atomic E-state index is 11.9. The summed E-state index contributed by atoms with van der Waals surface area (Å²) in [5, 5.41) is 12.5. The molecule has 1 aromatic carbocycles. The Hall–Kier alpha value is -2.24. The molecule has 1 aliphatic carbocycles. The van der Waals surface area contributed by atoms with Crippen LogP contribution in [0.15, 0.2) is 18.2 Å². The number of amides is 1. The molecule has 2 N–H and O–H groups in total. The van der Waals surface area contributed by atoms with Crippen LogP contribution in [-0.2, 0) is 9.53 Å². The highest BCUT2D eigenvalue weighted by Crippen LogP contribution is 2.24. The maximum absolute atomic E-state index is 11.9. The van der Waals surface area contributed by atoms with E-state index in [1.165, 1.54) is 32.2 Å². The second kappa shape index (κ2) is 5.81. The topological polar surface area (TPSA) is 84.9 Å². The lowest BCUT2D eigenvalue weighted by atomic mass is 10.2. The molecular formula is C14H17NO5. The highest BCUT2D eigenvalue weighted by atomic mass is 16.5. The highest BCUT2D eigenvalue weighted by molar-refractivity contribution is 5.94. The molecule has 1 atom stereocenters. The van der Waals surface area contributed by atoms with Gasteiger partial charge in [-0.3, -0.25) is 4.79 Å². The van der Waals surface area contributed by atoms with Gasteiger partial charge < -0.3 is 19.9 Å². The molecule has 1 amide bonds. The van der Waals surface area contributed by atoms with Crippen LogP contribution in [0.1, 0.15) is 30.1 Å². The molecular weight excluding hydrogens is 262 g/mol. The average Bonchev–Trinajstić information content (AvgIpc) is 3.22. The molecule has 0 unspecified atom stereocenters. The molecule has 0 bridgehead atoms. The summed E-state index contributed by atoms with van der Waals surface area (Å²) in [6.07, 6.45) is 1.03. The van der Waals surface area contributed by atoms with Crippen LogP contribution in [0.3, 0.4) is 0 Å². The van der Waals surface area contributed by atoms with E-state index in [9.17, 15) is 14.7 Å². The van der Waals surface area contributed by atoms with Gasteiger partial charge in [0.15, 0.2) is 6.10 Å². The summed E-state index contributed by atoms with van der Waals surface area (Å²) >= 11 is 0. The number of esters is 1. The van der Waals surface area contributed by atoms with Gasteiger partial charge >= 0.3 is 5.97 Å². The van der Waals surface area contributed by atoms with E-state index in [-0.39, 0.29) is 23.3 Å². The van der Waals surface area contributed by atoms with Crippen molar-refractivity contribution in [3.63, 3.8) is 0 Å². The van der Waals surface area contributed by atoms with Gasteiger partial charge in [-0.25, -0.2) is 4.79 Å². The van der Waals surface area contributed by atoms with Crippen molar-refractivity contribution in [2.45, 2.75) is 31.9 Å². The van der Waals surface area contributed by atoms with Crippen molar-refractivity contribution >= 4 is 11.9 Å². The largest absolute Gasteiger partial charge is 0.507 e. The van der Waals surface area contributed by atoms with E-state index < -0.39 is 12.1 Å². The number of phenols is 1. The zero-order chi connectivity index (χ0) is 14.7. The van der Waals surface area contributed by atoms with E-state index in [1.807, 2.05) is 0 Å². The smallest absolute Gasteiger partial charge is 0.342 e. The van der Waals surface area contributed by atoms with E-state index in [1.54, 1.807) is 0 Å². The fourth-order valence-electron chi connectivity index (χ4n) is 1.63. The van der Waals surface area contributed by atoms with Gasteiger partial charge in [0.2, 0.25) is 0 Å². The van der Waals surface area contributed by atoms with Crippen LogP contribution in [0.4, 0.5) is 0 Å². The Morgan fingerprint density at radius 2 is 2.10 bits per heavy atom. The van der Waals surface area contributed by atoms with Crippen molar-refractivity contribution in [1.82, 2.24) is 5.32 Å². The SMILES string of the molecule is COc1ccc(C(=O)O[C@H](C)C(=O)NC2CC2)c(O)c1. The molecule has 1 aromatic rings. The predicted octanol–water partition coefficient (Wildman–Crippen LogP) is 1.22. The van der Waals surface area contributed by atoms with Gasteiger partial charge in [-0.15, -0.1) is 0 Å². The quantitative estimate of drug-likeness (QED) is 0.792. The maximum Gasteiger partial charge on any atom is 0.342 e. The third kappa shape index (κ3) is 3.40. The van der Waals surface area contributed by atoms with Crippen molar-refractivity contribution in [1.29, 1.82) is 0 Å². The lowest BCUT2D eigenvalue weighted by Gasteiger charge is -2.14. The first-order valence-electron chi connectivity index (χ1n) is 6.39. The van der Waals surface area contributed by atoms with Gasteiger partial charge in [-0.2, -0.15) is 0 Å². The molecule has 6 nitrogen and oxygen atoms in total. The summed E-state index contributed by atoms with van der Waals surface area (Å²) in [6, 6.07) is 4.44. The van der Waals surface area contributed by atoms with Crippen molar-refractivity contribution in [2.75, 3.05) is 7.11 Å². The van der Waals surface area contributed by atoms with Crippen molar-refractivity contribution < 1.29 is 24.2 Å². The van der Waals surface area contributed by atoms with Gasteiger partial charge in [0.25, 0.3) is 5.91 Å². The second-order valence-electron chi connectivity index (χ2n) is 4.71. The molecule has 0 aromatic heterocycles. The van der Waals surface area contributed by atoms with E-state index in [0.29, 0.717) is 5.75 Å². The van der Waals surface area contributed by atoms with E-state index in [4.69, 9.17) is 9.47 Å². The lowest BCUT2D eigenvalue weighted by Crippen LogP contribution is -2.37. The van der Waals surface area contributed by atoms with Crippen LogP contribution >= 0.6 is 0 Å². The van der Waals surface area contributed by atoms with Crippen molar-refractivity contribution in [2.24, 2.45) is 0 Å². The molecule has 6 heteroatoms. The number of ether oxygens (including phenoxy) is 2. The number of hydrogen-bond donors (Lipinski definition) is 2.